The fourth-order valence-electron chi connectivity index (χ4n) is 3.33. The summed E-state index contributed by atoms with van der Waals surface area (Å²) in [6.07, 6.45) is 7.42. The average molecular weight is 367 g/mol. The van der Waals surface area contributed by atoms with Gasteiger partial charge >= 0.3 is 0 Å². The van der Waals surface area contributed by atoms with Crippen LogP contribution in [0.1, 0.15) is 49.9 Å². The molecule has 0 spiro atoms. The minimum Gasteiger partial charge on any atom is -0.336 e. The van der Waals surface area contributed by atoms with E-state index in [0.29, 0.717) is 17.6 Å². The van der Waals surface area contributed by atoms with Gasteiger partial charge in [0.25, 0.3) is 5.91 Å². The molecule has 1 aliphatic rings. The Hall–Kier alpha value is -2.96. The molecule has 7 heteroatoms. The third-order valence-corrected chi connectivity index (χ3v) is 4.72. The summed E-state index contributed by atoms with van der Waals surface area (Å²) in [6.45, 7) is 4.39. The van der Waals surface area contributed by atoms with Crippen molar-refractivity contribution >= 4 is 29.1 Å². The highest BCUT2D eigenvalue weighted by Crippen LogP contribution is 2.22. The van der Waals surface area contributed by atoms with Gasteiger partial charge in [-0.1, -0.05) is 6.92 Å². The molecule has 7 nitrogen and oxygen atoms in total. The Morgan fingerprint density at radius 2 is 1.78 bits per heavy atom. The highest BCUT2D eigenvalue weighted by Gasteiger charge is 2.26. The lowest BCUT2D eigenvalue weighted by molar-refractivity contribution is -0.114. The van der Waals surface area contributed by atoms with Crippen molar-refractivity contribution in [3.63, 3.8) is 0 Å². The number of likely N-dealkylation sites (tertiary alicyclic amines) is 1. The van der Waals surface area contributed by atoms with Crippen molar-refractivity contribution in [3.8, 4) is 0 Å². The van der Waals surface area contributed by atoms with Crippen LogP contribution in [0.4, 0.5) is 17.3 Å². The molecule has 0 saturated carbocycles. The van der Waals surface area contributed by atoms with Crippen LogP contribution < -0.4 is 10.6 Å². The van der Waals surface area contributed by atoms with Crippen LogP contribution in [0.3, 0.4) is 0 Å². The van der Waals surface area contributed by atoms with Gasteiger partial charge in [0.1, 0.15) is 0 Å². The van der Waals surface area contributed by atoms with E-state index in [1.165, 1.54) is 13.3 Å². The summed E-state index contributed by atoms with van der Waals surface area (Å²) >= 11 is 0. The van der Waals surface area contributed by atoms with Gasteiger partial charge in [-0.3, -0.25) is 9.59 Å². The SMILES string of the molecule is CCC1CCCCN1C(=O)c1cnc(Nc2ccc(NC(C)=O)cc2)nc1. The molecule has 3 rings (SSSR count). The van der Waals surface area contributed by atoms with Crippen LogP contribution in [0, 0.1) is 0 Å². The summed E-state index contributed by atoms with van der Waals surface area (Å²) in [5.74, 6) is 0.315. The Labute approximate surface area is 159 Å². The molecule has 2 aromatic rings. The molecule has 142 valence electrons. The first kappa shape index (κ1) is 18.8. The van der Waals surface area contributed by atoms with E-state index in [1.807, 2.05) is 17.0 Å². The average Bonchev–Trinajstić information content (AvgIpc) is 2.69. The Balaban J connectivity index is 1.64. The number of benzene rings is 1. The maximum absolute atomic E-state index is 12.8. The Morgan fingerprint density at radius 3 is 2.41 bits per heavy atom. The first-order valence-corrected chi connectivity index (χ1v) is 9.34. The number of rotatable bonds is 5. The summed E-state index contributed by atoms with van der Waals surface area (Å²) < 4.78 is 0. The minimum atomic E-state index is -0.113. The molecule has 1 aromatic carbocycles. The van der Waals surface area contributed by atoms with E-state index in [2.05, 4.69) is 27.5 Å². The zero-order valence-corrected chi connectivity index (χ0v) is 15.7. The number of carbonyl (C=O) groups excluding carboxylic acids is 2. The predicted octanol–water partition coefficient (Wildman–Crippen LogP) is 3.58. The molecule has 0 bridgehead atoms. The number of anilines is 3. The van der Waals surface area contributed by atoms with Gasteiger partial charge in [0.05, 0.1) is 5.56 Å². The molecular weight excluding hydrogens is 342 g/mol. The number of hydrogen-bond donors (Lipinski definition) is 2. The molecule has 2 N–H and O–H groups in total. The van der Waals surface area contributed by atoms with E-state index in [4.69, 9.17) is 0 Å². The summed E-state index contributed by atoms with van der Waals surface area (Å²) in [6, 6.07) is 7.55. The summed E-state index contributed by atoms with van der Waals surface area (Å²) in [5, 5.41) is 5.81. The Bertz CT molecular complexity index is 789. The van der Waals surface area contributed by atoms with Crippen LogP contribution in [-0.4, -0.2) is 39.3 Å². The van der Waals surface area contributed by atoms with Crippen molar-refractivity contribution in [2.24, 2.45) is 0 Å². The second kappa shape index (κ2) is 8.62. The molecule has 2 heterocycles. The molecule has 27 heavy (non-hydrogen) atoms. The van der Waals surface area contributed by atoms with Gasteiger partial charge in [0.2, 0.25) is 11.9 Å². The Kier molecular flexibility index (Phi) is 6.01. The summed E-state index contributed by atoms with van der Waals surface area (Å²) in [5.41, 5.74) is 2.04. The number of nitrogens with one attached hydrogen (secondary N) is 2. The first-order valence-electron chi connectivity index (χ1n) is 9.34. The highest BCUT2D eigenvalue weighted by molar-refractivity contribution is 5.94. The van der Waals surface area contributed by atoms with Gasteiger partial charge in [-0.15, -0.1) is 0 Å². The smallest absolute Gasteiger partial charge is 0.257 e. The predicted molar refractivity (Wildman–Crippen MR) is 105 cm³/mol. The molecule has 1 unspecified atom stereocenters. The highest BCUT2D eigenvalue weighted by atomic mass is 16.2. The van der Waals surface area contributed by atoms with Gasteiger partial charge in [-0.05, 0) is 49.9 Å². The zero-order valence-electron chi connectivity index (χ0n) is 15.7. The normalized spacial score (nSPS) is 16.7. The second-order valence-corrected chi connectivity index (χ2v) is 6.74. The summed E-state index contributed by atoms with van der Waals surface area (Å²) in [4.78, 5) is 34.3. The van der Waals surface area contributed by atoms with Gasteiger partial charge in [-0.25, -0.2) is 9.97 Å². The maximum Gasteiger partial charge on any atom is 0.257 e. The van der Waals surface area contributed by atoms with Crippen LogP contribution in [-0.2, 0) is 4.79 Å². The van der Waals surface area contributed by atoms with Crippen molar-refractivity contribution in [2.45, 2.75) is 45.6 Å². The standard InChI is InChI=1S/C20H25N5O2/c1-3-18-6-4-5-11-25(18)19(27)15-12-21-20(22-13-15)24-17-9-7-16(8-10-17)23-14(2)26/h7-10,12-13,18H,3-6,11H2,1-2H3,(H,23,26)(H,21,22,24). The third-order valence-electron chi connectivity index (χ3n) is 4.72. The van der Waals surface area contributed by atoms with Crippen molar-refractivity contribution in [1.82, 2.24) is 14.9 Å². The van der Waals surface area contributed by atoms with Crippen LogP contribution in [0.15, 0.2) is 36.7 Å². The van der Waals surface area contributed by atoms with E-state index in [1.54, 1.807) is 24.5 Å². The molecule has 1 saturated heterocycles. The Morgan fingerprint density at radius 1 is 1.11 bits per heavy atom. The number of carbonyl (C=O) groups is 2. The van der Waals surface area contributed by atoms with Crippen molar-refractivity contribution in [2.75, 3.05) is 17.2 Å². The fraction of sp³-hybridized carbons (Fsp3) is 0.400. The molecule has 1 aliphatic heterocycles. The zero-order chi connectivity index (χ0) is 19.2. The number of nitrogens with zero attached hydrogens (tertiary/aromatic N) is 3. The van der Waals surface area contributed by atoms with Crippen LogP contribution >= 0.6 is 0 Å². The van der Waals surface area contributed by atoms with E-state index in [-0.39, 0.29) is 11.8 Å². The van der Waals surface area contributed by atoms with E-state index in [0.717, 1.165) is 37.2 Å². The monoisotopic (exact) mass is 367 g/mol. The fourth-order valence-corrected chi connectivity index (χ4v) is 3.33. The van der Waals surface area contributed by atoms with E-state index >= 15 is 0 Å². The molecule has 2 amide bonds. The quantitative estimate of drug-likeness (QED) is 0.843. The number of aromatic nitrogens is 2. The van der Waals surface area contributed by atoms with Crippen LogP contribution in [0.25, 0.3) is 0 Å². The number of amides is 2. The van der Waals surface area contributed by atoms with Gasteiger partial charge in [0, 0.05) is 43.3 Å². The second-order valence-electron chi connectivity index (χ2n) is 6.74. The van der Waals surface area contributed by atoms with E-state index < -0.39 is 0 Å². The number of hydrogen-bond acceptors (Lipinski definition) is 5. The van der Waals surface area contributed by atoms with Crippen molar-refractivity contribution in [3.05, 3.63) is 42.2 Å². The minimum absolute atomic E-state index is 0.00719. The molecule has 1 fully saturated rings. The lowest BCUT2D eigenvalue weighted by Gasteiger charge is -2.35. The molecule has 0 aliphatic carbocycles. The molecule has 1 aromatic heterocycles. The molecular formula is C20H25N5O2. The number of piperidine rings is 1. The van der Waals surface area contributed by atoms with Gasteiger partial charge < -0.3 is 15.5 Å². The van der Waals surface area contributed by atoms with Crippen LogP contribution in [0.5, 0.6) is 0 Å². The van der Waals surface area contributed by atoms with Gasteiger partial charge in [0.15, 0.2) is 0 Å². The lowest BCUT2D eigenvalue weighted by Crippen LogP contribution is -2.43. The lowest BCUT2D eigenvalue weighted by atomic mass is 9.99. The first-order chi connectivity index (χ1) is 13.1. The van der Waals surface area contributed by atoms with Crippen molar-refractivity contribution < 1.29 is 9.59 Å². The van der Waals surface area contributed by atoms with E-state index in [9.17, 15) is 9.59 Å². The summed E-state index contributed by atoms with van der Waals surface area (Å²) in [7, 11) is 0. The maximum atomic E-state index is 12.8. The largest absolute Gasteiger partial charge is 0.336 e. The van der Waals surface area contributed by atoms with Crippen LogP contribution in [0.2, 0.25) is 0 Å². The van der Waals surface area contributed by atoms with Gasteiger partial charge in [-0.2, -0.15) is 0 Å². The topological polar surface area (TPSA) is 87.2 Å². The molecule has 1 atom stereocenters. The van der Waals surface area contributed by atoms with Crippen molar-refractivity contribution in [1.29, 1.82) is 0 Å². The third kappa shape index (κ3) is 4.81. The molecule has 0 radical (unpaired) electrons.